The number of carbonyl (C=O) groups excluding carboxylic acids is 1. The number of anilines is 1. The first-order valence-corrected chi connectivity index (χ1v) is 10.9. The molecule has 1 amide bonds. The van der Waals surface area contributed by atoms with Crippen molar-refractivity contribution in [3.8, 4) is 5.69 Å². The average molecular weight is 462 g/mol. The Bertz CT molecular complexity index is 1420. The lowest BCUT2D eigenvalue weighted by Crippen LogP contribution is -2.39. The van der Waals surface area contributed by atoms with Crippen LogP contribution in [-0.4, -0.2) is 39.4 Å². The van der Waals surface area contributed by atoms with Crippen LogP contribution >= 0.6 is 0 Å². The summed E-state index contributed by atoms with van der Waals surface area (Å²) in [6.45, 7) is 0. The molecule has 1 aliphatic rings. The highest BCUT2D eigenvalue weighted by Crippen LogP contribution is 2.24. The summed E-state index contributed by atoms with van der Waals surface area (Å²) in [6.07, 6.45) is 2.35. The minimum atomic E-state index is -1.15. The first-order valence-electron chi connectivity index (χ1n) is 10.9. The van der Waals surface area contributed by atoms with E-state index in [-0.39, 0.29) is 11.8 Å². The first-order chi connectivity index (χ1) is 17.1. The van der Waals surface area contributed by atoms with E-state index in [0.717, 1.165) is 16.8 Å². The van der Waals surface area contributed by atoms with Crippen molar-refractivity contribution in [1.29, 1.82) is 0 Å². The molecule has 4 aromatic rings. The molecule has 5 rings (SSSR count). The Labute approximate surface area is 201 Å². The molecule has 2 heterocycles. The molecular weight excluding hydrogens is 440 g/mol. The molecule has 0 spiro atoms. The highest BCUT2D eigenvalue weighted by atomic mass is 16.2. The van der Waals surface area contributed by atoms with Gasteiger partial charge < -0.3 is 21.8 Å². The number of hydrogen-bond donors (Lipinski definition) is 3. The van der Waals surface area contributed by atoms with E-state index in [4.69, 9.17) is 5.73 Å². The van der Waals surface area contributed by atoms with E-state index in [0.29, 0.717) is 17.0 Å². The summed E-state index contributed by atoms with van der Waals surface area (Å²) in [5.74, 6) is -0.792. The van der Waals surface area contributed by atoms with Gasteiger partial charge in [0.15, 0.2) is 0 Å². The summed E-state index contributed by atoms with van der Waals surface area (Å²) in [5.41, 5.74) is 10.2. The van der Waals surface area contributed by atoms with Gasteiger partial charge in [-0.05, 0) is 29.8 Å². The van der Waals surface area contributed by atoms with Crippen molar-refractivity contribution in [3.05, 3.63) is 119 Å². The summed E-state index contributed by atoms with van der Waals surface area (Å²) in [7, 11) is 0. The van der Waals surface area contributed by atoms with Crippen LogP contribution in [0.1, 0.15) is 16.7 Å². The van der Waals surface area contributed by atoms with Gasteiger partial charge in [-0.1, -0.05) is 66.5 Å². The normalized spacial score (nSPS) is 15.4. The fourth-order valence-electron chi connectivity index (χ4n) is 3.71. The van der Waals surface area contributed by atoms with Crippen molar-refractivity contribution < 1.29 is 4.79 Å². The Kier molecular flexibility index (Phi) is 5.87. The molecule has 172 valence electrons. The van der Waals surface area contributed by atoms with Crippen LogP contribution in [0.5, 0.6) is 0 Å². The van der Waals surface area contributed by atoms with Crippen molar-refractivity contribution in [3.63, 3.8) is 0 Å². The maximum absolute atomic E-state index is 12.9. The average Bonchev–Trinajstić information content (AvgIpc) is 3.38. The van der Waals surface area contributed by atoms with Crippen molar-refractivity contribution in [2.24, 2.45) is 15.7 Å². The van der Waals surface area contributed by atoms with E-state index < -0.39 is 12.1 Å². The number of aromatic nitrogens is 2. The largest absolute Gasteiger partial charge is 0.464 e. The Balaban J connectivity index is 1.39. The molecule has 0 radical (unpaired) electrons. The van der Waals surface area contributed by atoms with Gasteiger partial charge in [-0.2, -0.15) is 5.10 Å². The molecule has 4 N–H and O–H groups in total. The summed E-state index contributed by atoms with van der Waals surface area (Å²) >= 11 is 0. The second-order valence-corrected chi connectivity index (χ2v) is 7.74. The minimum absolute atomic E-state index is 0.152. The Morgan fingerprint density at radius 2 is 1.74 bits per heavy atom. The Hall–Kier alpha value is -5.05. The topological polar surface area (TPSA) is 132 Å². The number of fused-ring (bicyclic) bond motifs is 1. The van der Waals surface area contributed by atoms with Gasteiger partial charge in [0.05, 0.1) is 17.1 Å². The van der Waals surface area contributed by atoms with Crippen LogP contribution in [0.3, 0.4) is 0 Å². The zero-order chi connectivity index (χ0) is 24.2. The summed E-state index contributed by atoms with van der Waals surface area (Å²) in [5, 5.41) is 20.2. The summed E-state index contributed by atoms with van der Waals surface area (Å²) in [6, 6.07) is 25.8. The molecule has 0 saturated heterocycles. The number of guanidine groups is 1. The number of aliphatic imine (C=N–C) groups is 2. The lowest BCUT2D eigenvalue weighted by Gasteiger charge is -2.18. The van der Waals surface area contributed by atoms with E-state index in [1.165, 1.54) is 0 Å². The number of nitrogens with zero attached hydrogens (tertiary/aromatic N) is 5. The van der Waals surface area contributed by atoms with Crippen molar-refractivity contribution in [2.45, 2.75) is 6.17 Å². The molecule has 3 aromatic carbocycles. The molecule has 9 heteroatoms. The highest BCUT2D eigenvalue weighted by Gasteiger charge is 2.25. The third kappa shape index (κ3) is 4.69. The van der Waals surface area contributed by atoms with Gasteiger partial charge in [-0.15, -0.1) is 0 Å². The van der Waals surface area contributed by atoms with Crippen LogP contribution in [0.2, 0.25) is 0 Å². The number of nitrogens with one attached hydrogen (secondary N) is 2. The molecular formula is C26H21N8O-. The number of benzene rings is 3. The zero-order valence-corrected chi connectivity index (χ0v) is 18.5. The zero-order valence-electron chi connectivity index (χ0n) is 18.5. The second kappa shape index (κ2) is 9.44. The first kappa shape index (κ1) is 21.8. The molecule has 9 nitrogen and oxygen atoms in total. The maximum Gasteiger partial charge on any atom is 0.271 e. The number of amides is 1. The summed E-state index contributed by atoms with van der Waals surface area (Å²) < 4.78 is 1.70. The van der Waals surface area contributed by atoms with E-state index in [1.807, 2.05) is 66.9 Å². The van der Waals surface area contributed by atoms with Crippen LogP contribution in [-0.2, 0) is 4.79 Å². The molecule has 35 heavy (non-hydrogen) atoms. The van der Waals surface area contributed by atoms with E-state index in [2.05, 4.69) is 25.7 Å². The van der Waals surface area contributed by atoms with E-state index in [1.54, 1.807) is 35.1 Å². The van der Waals surface area contributed by atoms with Crippen LogP contribution in [0.25, 0.3) is 11.1 Å². The lowest BCUT2D eigenvalue weighted by molar-refractivity contribution is -0.117. The van der Waals surface area contributed by atoms with Crippen LogP contribution in [0, 0.1) is 0 Å². The number of hydrogen-bond acceptors (Lipinski definition) is 4. The Morgan fingerprint density at radius 1 is 1.00 bits per heavy atom. The molecule has 1 atom stereocenters. The fourth-order valence-corrected chi connectivity index (χ4v) is 3.71. The number of nitrogens with two attached hydrogens (primary N) is 1. The third-order valence-electron chi connectivity index (χ3n) is 5.39. The highest BCUT2D eigenvalue weighted by molar-refractivity contribution is 6.20. The quantitative estimate of drug-likeness (QED) is 0.318. The van der Waals surface area contributed by atoms with Crippen LogP contribution < -0.4 is 16.4 Å². The van der Waals surface area contributed by atoms with Gasteiger partial charge in [0.25, 0.3) is 5.91 Å². The monoisotopic (exact) mass is 461 g/mol. The predicted molar refractivity (Wildman–Crippen MR) is 137 cm³/mol. The van der Waals surface area contributed by atoms with Gasteiger partial charge in [0.1, 0.15) is 5.96 Å². The molecule has 0 bridgehead atoms. The lowest BCUT2D eigenvalue weighted by atomic mass is 10.0. The van der Waals surface area contributed by atoms with Gasteiger partial charge in [-0.3, -0.25) is 4.79 Å². The fraction of sp³-hybridized carbons (Fsp3) is 0.0385. The van der Waals surface area contributed by atoms with Crippen LogP contribution in [0.4, 0.5) is 5.69 Å². The minimum Gasteiger partial charge on any atom is -0.464 e. The smallest absolute Gasteiger partial charge is 0.271 e. The molecule has 0 saturated carbocycles. The van der Waals surface area contributed by atoms with Crippen molar-refractivity contribution in [1.82, 2.24) is 15.1 Å². The molecule has 1 aliphatic heterocycles. The third-order valence-corrected chi connectivity index (χ3v) is 5.39. The molecule has 0 fully saturated rings. The van der Waals surface area contributed by atoms with Gasteiger partial charge >= 0.3 is 0 Å². The van der Waals surface area contributed by atoms with Crippen molar-refractivity contribution in [2.75, 3.05) is 5.32 Å². The molecule has 0 aliphatic carbocycles. The number of benzodiazepines with no additional fused rings is 1. The van der Waals surface area contributed by atoms with E-state index >= 15 is 0 Å². The van der Waals surface area contributed by atoms with Crippen LogP contribution in [0.15, 0.2) is 107 Å². The summed E-state index contributed by atoms with van der Waals surface area (Å²) in [4.78, 5) is 21.8. The Morgan fingerprint density at radius 3 is 2.49 bits per heavy atom. The van der Waals surface area contributed by atoms with Crippen molar-refractivity contribution >= 4 is 29.1 Å². The number of rotatable bonds is 4. The van der Waals surface area contributed by atoms with Gasteiger partial charge in [-0.25, -0.2) is 14.7 Å². The van der Waals surface area contributed by atoms with Gasteiger partial charge in [0, 0.05) is 23.5 Å². The van der Waals surface area contributed by atoms with E-state index in [9.17, 15) is 10.2 Å². The SMILES string of the molecule is [N-]=C(NC(N)=NC1N=C(c2ccccc2)c2ccccc2NC1=O)c1ccc(-n2cccn2)cc1. The van der Waals surface area contributed by atoms with Gasteiger partial charge in [0.2, 0.25) is 6.17 Å². The molecule has 1 unspecified atom stereocenters. The second-order valence-electron chi connectivity index (χ2n) is 7.74. The predicted octanol–water partition coefficient (Wildman–Crippen LogP) is 2.91. The number of amidine groups is 1. The number of para-hydroxylation sites is 1. The molecule has 1 aromatic heterocycles. The number of carbonyl (C=O) groups is 1. The standard InChI is InChI=1S/C26H21N8O/c27-23(18-11-13-19(14-12-18)34-16-6-15-29-34)32-26(28)33-24-25(35)30-21-10-5-4-9-20(21)22(31-24)17-7-2-1-3-8-17/h1-16,24H,(H4-,27,28,30,31,32,33,35)/q-1. The maximum atomic E-state index is 12.9.